The second-order valence-electron chi connectivity index (χ2n) is 2.65. The summed E-state index contributed by atoms with van der Waals surface area (Å²) in [7, 11) is 0. The molecule has 0 rings (SSSR count). The van der Waals surface area contributed by atoms with Gasteiger partial charge in [0.15, 0.2) is 0 Å². The Morgan fingerprint density at radius 3 is 2.57 bits per heavy atom. The molecule has 0 saturated heterocycles. The molecule has 0 atom stereocenters. The van der Waals surface area contributed by atoms with E-state index in [0.29, 0.717) is 17.7 Å². The molecule has 0 fully saturated rings. The molecule has 14 heavy (non-hydrogen) atoms. The molecule has 2 N–H and O–H groups in total. The van der Waals surface area contributed by atoms with Gasteiger partial charge in [-0.05, 0) is 25.5 Å². The van der Waals surface area contributed by atoms with E-state index in [9.17, 15) is 4.79 Å². The largest absolute Gasteiger partial charge is 0.392 e. The summed E-state index contributed by atoms with van der Waals surface area (Å²) in [4.78, 5) is 11.5. The number of carbonyl (C=O) groups is 1. The molecule has 0 unspecified atom stereocenters. The van der Waals surface area contributed by atoms with Crippen molar-refractivity contribution in [2.24, 2.45) is 0 Å². The van der Waals surface area contributed by atoms with Gasteiger partial charge in [-0.1, -0.05) is 18.7 Å². The van der Waals surface area contributed by atoms with E-state index in [-0.39, 0.29) is 12.5 Å². The van der Waals surface area contributed by atoms with Gasteiger partial charge in [-0.25, -0.2) is 0 Å². The van der Waals surface area contributed by atoms with Crippen LogP contribution in [0.15, 0.2) is 36.0 Å². The Bertz CT molecular complexity index is 264. The molecule has 0 aliphatic heterocycles. The van der Waals surface area contributed by atoms with Crippen molar-refractivity contribution in [2.45, 2.75) is 13.8 Å². The van der Waals surface area contributed by atoms with Gasteiger partial charge in [0.1, 0.15) is 0 Å². The van der Waals surface area contributed by atoms with Gasteiger partial charge in [0.25, 0.3) is 5.91 Å². The molecule has 0 bridgehead atoms. The number of nitrogens with one attached hydrogen (secondary N) is 1. The molecule has 0 aromatic carbocycles. The smallest absolute Gasteiger partial charge is 0.251 e. The molecular formula is C11H17NO2. The van der Waals surface area contributed by atoms with E-state index < -0.39 is 0 Å². The Morgan fingerprint density at radius 1 is 1.57 bits per heavy atom. The number of hydrogen-bond donors (Lipinski definition) is 2. The van der Waals surface area contributed by atoms with Crippen LogP contribution in [0.3, 0.4) is 0 Å². The summed E-state index contributed by atoms with van der Waals surface area (Å²) in [5.41, 5.74) is 1.07. The molecule has 0 aliphatic carbocycles. The van der Waals surface area contributed by atoms with Crippen LogP contribution in [0, 0.1) is 0 Å². The Balaban J connectivity index is 4.86. The minimum atomic E-state index is -0.186. The standard InChI is InChI=1S/C11H17NO2/c1-4-7-10(9(5-2)8-13)11(14)12-6-3/h4-5,7,13H,1,6,8H2,2-3H3,(H,12,14)/b9-5-,10-7+. The highest BCUT2D eigenvalue weighted by molar-refractivity contribution is 5.98. The minimum absolute atomic E-state index is 0.146. The molecule has 0 aromatic heterocycles. The molecule has 3 nitrogen and oxygen atoms in total. The van der Waals surface area contributed by atoms with Crippen molar-refractivity contribution in [3.05, 3.63) is 36.0 Å². The second-order valence-corrected chi connectivity index (χ2v) is 2.65. The van der Waals surface area contributed by atoms with Crippen molar-refractivity contribution in [3.63, 3.8) is 0 Å². The van der Waals surface area contributed by atoms with Gasteiger partial charge >= 0.3 is 0 Å². The monoisotopic (exact) mass is 195 g/mol. The minimum Gasteiger partial charge on any atom is -0.392 e. The molecule has 0 aromatic rings. The van der Waals surface area contributed by atoms with E-state index in [1.807, 2.05) is 6.92 Å². The number of amides is 1. The Kier molecular flexibility index (Phi) is 6.41. The molecule has 0 spiro atoms. The topological polar surface area (TPSA) is 49.3 Å². The summed E-state index contributed by atoms with van der Waals surface area (Å²) in [6, 6.07) is 0. The fraction of sp³-hybridized carbons (Fsp3) is 0.364. The first-order chi connectivity index (χ1) is 6.71. The lowest BCUT2D eigenvalue weighted by Crippen LogP contribution is -2.25. The van der Waals surface area contributed by atoms with E-state index in [1.54, 1.807) is 19.1 Å². The summed E-state index contributed by atoms with van der Waals surface area (Å²) >= 11 is 0. The first-order valence-electron chi connectivity index (χ1n) is 4.58. The summed E-state index contributed by atoms with van der Waals surface area (Å²) < 4.78 is 0. The first-order valence-corrected chi connectivity index (χ1v) is 4.58. The molecule has 0 saturated carbocycles. The maximum atomic E-state index is 11.5. The van der Waals surface area contributed by atoms with E-state index in [2.05, 4.69) is 11.9 Å². The van der Waals surface area contributed by atoms with E-state index in [1.165, 1.54) is 6.08 Å². The van der Waals surface area contributed by atoms with Gasteiger partial charge < -0.3 is 10.4 Å². The molecule has 1 amide bonds. The third-order valence-electron chi connectivity index (χ3n) is 1.73. The maximum absolute atomic E-state index is 11.5. The number of carbonyl (C=O) groups excluding carboxylic acids is 1. The Morgan fingerprint density at radius 2 is 2.21 bits per heavy atom. The zero-order valence-electron chi connectivity index (χ0n) is 8.71. The van der Waals surface area contributed by atoms with Gasteiger partial charge in [-0.2, -0.15) is 0 Å². The maximum Gasteiger partial charge on any atom is 0.251 e. The molecular weight excluding hydrogens is 178 g/mol. The number of rotatable bonds is 5. The predicted molar refractivity (Wildman–Crippen MR) is 57.8 cm³/mol. The van der Waals surface area contributed by atoms with E-state index in [4.69, 9.17) is 5.11 Å². The quantitative estimate of drug-likeness (QED) is 0.511. The molecule has 78 valence electrons. The van der Waals surface area contributed by atoms with Crippen molar-refractivity contribution < 1.29 is 9.90 Å². The number of aliphatic hydroxyl groups excluding tert-OH is 1. The van der Waals surface area contributed by atoms with Crippen molar-refractivity contribution in [2.75, 3.05) is 13.2 Å². The van der Waals surface area contributed by atoms with Crippen LogP contribution < -0.4 is 5.32 Å². The van der Waals surface area contributed by atoms with Crippen LogP contribution in [0.2, 0.25) is 0 Å². The van der Waals surface area contributed by atoms with Crippen LogP contribution >= 0.6 is 0 Å². The molecule has 0 aliphatic rings. The third-order valence-corrected chi connectivity index (χ3v) is 1.73. The predicted octanol–water partition coefficient (Wildman–Crippen LogP) is 1.17. The molecule has 0 radical (unpaired) electrons. The van der Waals surface area contributed by atoms with Gasteiger partial charge in [0.05, 0.1) is 6.61 Å². The van der Waals surface area contributed by atoms with Crippen LogP contribution in [-0.2, 0) is 4.79 Å². The van der Waals surface area contributed by atoms with Crippen LogP contribution in [0.4, 0.5) is 0 Å². The zero-order chi connectivity index (χ0) is 11.0. The van der Waals surface area contributed by atoms with Crippen molar-refractivity contribution in [1.82, 2.24) is 5.32 Å². The van der Waals surface area contributed by atoms with E-state index >= 15 is 0 Å². The van der Waals surface area contributed by atoms with Crippen LogP contribution in [0.5, 0.6) is 0 Å². The fourth-order valence-electron chi connectivity index (χ4n) is 1.03. The Labute approximate surface area is 84.8 Å². The van der Waals surface area contributed by atoms with Crippen molar-refractivity contribution >= 4 is 5.91 Å². The van der Waals surface area contributed by atoms with Gasteiger partial charge in [-0.3, -0.25) is 4.79 Å². The van der Waals surface area contributed by atoms with Gasteiger partial charge in [0.2, 0.25) is 0 Å². The average molecular weight is 195 g/mol. The van der Waals surface area contributed by atoms with Gasteiger partial charge in [0, 0.05) is 12.1 Å². The number of allylic oxidation sites excluding steroid dienone is 3. The third kappa shape index (κ3) is 3.58. The summed E-state index contributed by atoms with van der Waals surface area (Å²) in [5.74, 6) is -0.186. The summed E-state index contributed by atoms with van der Waals surface area (Å²) in [5, 5.41) is 11.7. The highest BCUT2D eigenvalue weighted by atomic mass is 16.3. The van der Waals surface area contributed by atoms with E-state index in [0.717, 1.165) is 0 Å². The average Bonchev–Trinajstić information content (AvgIpc) is 2.18. The lowest BCUT2D eigenvalue weighted by Gasteiger charge is -2.08. The highest BCUT2D eigenvalue weighted by Gasteiger charge is 2.10. The summed E-state index contributed by atoms with van der Waals surface area (Å²) in [6.45, 7) is 7.57. The molecule has 0 heterocycles. The van der Waals surface area contributed by atoms with Gasteiger partial charge in [-0.15, -0.1) is 0 Å². The normalized spacial score (nSPS) is 12.5. The van der Waals surface area contributed by atoms with Crippen LogP contribution in [0.25, 0.3) is 0 Å². The lowest BCUT2D eigenvalue weighted by molar-refractivity contribution is -0.117. The SMILES string of the molecule is C=C/C=C(C(=O)NCC)\C(=C/C)CO. The zero-order valence-corrected chi connectivity index (χ0v) is 8.71. The lowest BCUT2D eigenvalue weighted by atomic mass is 10.1. The second kappa shape index (κ2) is 7.09. The van der Waals surface area contributed by atoms with Crippen LogP contribution in [-0.4, -0.2) is 24.2 Å². The van der Waals surface area contributed by atoms with Crippen molar-refractivity contribution in [1.29, 1.82) is 0 Å². The summed E-state index contributed by atoms with van der Waals surface area (Å²) in [6.07, 6.45) is 4.84. The number of likely N-dealkylation sites (N-methyl/N-ethyl adjacent to an activating group) is 1. The number of aliphatic hydroxyl groups is 1. The number of hydrogen-bond acceptors (Lipinski definition) is 2. The molecule has 3 heteroatoms. The highest BCUT2D eigenvalue weighted by Crippen LogP contribution is 2.09. The fourth-order valence-corrected chi connectivity index (χ4v) is 1.03. The van der Waals surface area contributed by atoms with Crippen molar-refractivity contribution in [3.8, 4) is 0 Å². The first kappa shape index (κ1) is 12.7. The Hall–Kier alpha value is -1.35. The van der Waals surface area contributed by atoms with Crippen LogP contribution in [0.1, 0.15) is 13.8 Å².